The van der Waals surface area contributed by atoms with Gasteiger partial charge in [0.15, 0.2) is 0 Å². The number of rotatable bonds is 4. The number of hydrogen-bond acceptors (Lipinski definition) is 2. The van der Waals surface area contributed by atoms with Gasteiger partial charge in [0.25, 0.3) is 0 Å². The molecule has 0 radical (unpaired) electrons. The lowest BCUT2D eigenvalue weighted by molar-refractivity contribution is 0.605. The van der Waals surface area contributed by atoms with Crippen molar-refractivity contribution >= 4 is 38.9 Å². The fourth-order valence-electron chi connectivity index (χ4n) is 1.79. The highest BCUT2D eigenvalue weighted by molar-refractivity contribution is 9.10. The third-order valence-corrected chi connectivity index (χ3v) is 4.57. The summed E-state index contributed by atoms with van der Waals surface area (Å²) in [4.78, 5) is 1.08. The minimum absolute atomic E-state index is 0.0439. The van der Waals surface area contributed by atoms with E-state index >= 15 is 0 Å². The smallest absolute Gasteiger partial charge is 0.123 e. The van der Waals surface area contributed by atoms with Gasteiger partial charge in [-0.05, 0) is 42.4 Å². The standard InChI is InChI=1S/C13H12BrClFNS/c1-2-17-13(11-5-6-12(15)18-11)9-7-8(16)3-4-10(9)14/h3-7,13,17H,2H2,1H3. The van der Waals surface area contributed by atoms with Crippen molar-refractivity contribution in [3.63, 3.8) is 0 Å². The van der Waals surface area contributed by atoms with E-state index in [-0.39, 0.29) is 11.9 Å². The Morgan fingerprint density at radius 2 is 2.17 bits per heavy atom. The predicted molar refractivity (Wildman–Crippen MR) is 78.9 cm³/mol. The van der Waals surface area contributed by atoms with E-state index in [4.69, 9.17) is 11.6 Å². The zero-order chi connectivity index (χ0) is 13.1. The number of nitrogens with one attached hydrogen (secondary N) is 1. The molecule has 2 rings (SSSR count). The Kier molecular flexibility index (Phi) is 4.78. The van der Waals surface area contributed by atoms with Gasteiger partial charge in [0.2, 0.25) is 0 Å². The minimum atomic E-state index is -0.237. The summed E-state index contributed by atoms with van der Waals surface area (Å²) >= 11 is 10.9. The van der Waals surface area contributed by atoms with Gasteiger partial charge in [-0.3, -0.25) is 0 Å². The van der Waals surface area contributed by atoms with Crippen LogP contribution in [0.4, 0.5) is 4.39 Å². The summed E-state index contributed by atoms with van der Waals surface area (Å²) in [6.07, 6.45) is 0. The van der Waals surface area contributed by atoms with Crippen LogP contribution in [0.2, 0.25) is 4.34 Å². The van der Waals surface area contributed by atoms with E-state index in [1.54, 1.807) is 12.1 Å². The largest absolute Gasteiger partial charge is 0.306 e. The van der Waals surface area contributed by atoms with Gasteiger partial charge in [0.05, 0.1) is 10.4 Å². The highest BCUT2D eigenvalue weighted by Gasteiger charge is 2.18. The van der Waals surface area contributed by atoms with Crippen LogP contribution in [0.25, 0.3) is 0 Å². The number of hydrogen-bond donors (Lipinski definition) is 1. The topological polar surface area (TPSA) is 12.0 Å². The van der Waals surface area contributed by atoms with Crippen LogP contribution in [0.15, 0.2) is 34.8 Å². The summed E-state index contributed by atoms with van der Waals surface area (Å²) in [5, 5.41) is 3.35. The number of benzene rings is 1. The van der Waals surface area contributed by atoms with Crippen LogP contribution >= 0.6 is 38.9 Å². The van der Waals surface area contributed by atoms with Crippen LogP contribution < -0.4 is 5.32 Å². The quantitative estimate of drug-likeness (QED) is 0.819. The maximum Gasteiger partial charge on any atom is 0.123 e. The van der Waals surface area contributed by atoms with Crippen molar-refractivity contribution in [3.8, 4) is 0 Å². The fourth-order valence-corrected chi connectivity index (χ4v) is 3.42. The highest BCUT2D eigenvalue weighted by Crippen LogP contribution is 2.34. The molecule has 1 unspecified atom stereocenters. The Bertz CT molecular complexity index is 544. The van der Waals surface area contributed by atoms with Gasteiger partial charge < -0.3 is 5.32 Å². The summed E-state index contributed by atoms with van der Waals surface area (Å²) in [6.45, 7) is 2.82. The van der Waals surface area contributed by atoms with Crippen molar-refractivity contribution in [1.29, 1.82) is 0 Å². The van der Waals surface area contributed by atoms with E-state index in [1.165, 1.54) is 17.4 Å². The van der Waals surface area contributed by atoms with E-state index in [2.05, 4.69) is 21.2 Å². The maximum atomic E-state index is 13.4. The van der Waals surface area contributed by atoms with Gasteiger partial charge in [-0.15, -0.1) is 11.3 Å². The van der Waals surface area contributed by atoms with Crippen molar-refractivity contribution in [1.82, 2.24) is 5.32 Å². The first-order valence-corrected chi connectivity index (χ1v) is 7.54. The summed E-state index contributed by atoms with van der Waals surface area (Å²) in [5.74, 6) is -0.237. The lowest BCUT2D eigenvalue weighted by Crippen LogP contribution is -2.21. The third-order valence-electron chi connectivity index (χ3n) is 2.56. The predicted octanol–water partition coefficient (Wildman–Crippen LogP) is 5.00. The Balaban J connectivity index is 2.44. The van der Waals surface area contributed by atoms with E-state index in [0.717, 1.165) is 25.8 Å². The molecular weight excluding hydrogens is 337 g/mol. The Labute approximate surface area is 123 Å². The number of halogens is 3. The lowest BCUT2D eigenvalue weighted by Gasteiger charge is -2.18. The molecule has 0 fully saturated rings. The first kappa shape index (κ1) is 14.0. The molecule has 0 saturated heterocycles. The molecule has 1 aromatic carbocycles. The molecule has 5 heteroatoms. The zero-order valence-corrected chi connectivity index (χ0v) is 12.9. The Morgan fingerprint density at radius 3 is 2.78 bits per heavy atom. The van der Waals surface area contributed by atoms with Crippen molar-refractivity contribution in [2.45, 2.75) is 13.0 Å². The van der Waals surface area contributed by atoms with Gasteiger partial charge in [0.1, 0.15) is 5.82 Å². The second kappa shape index (κ2) is 6.15. The van der Waals surface area contributed by atoms with Crippen molar-refractivity contribution in [2.75, 3.05) is 6.54 Å². The Hall–Kier alpha value is -0.420. The molecule has 1 heterocycles. The molecule has 18 heavy (non-hydrogen) atoms. The maximum absolute atomic E-state index is 13.4. The summed E-state index contributed by atoms with van der Waals surface area (Å²) in [5.41, 5.74) is 0.885. The van der Waals surface area contributed by atoms with Gasteiger partial charge in [-0.1, -0.05) is 34.5 Å². The molecule has 0 saturated carbocycles. The minimum Gasteiger partial charge on any atom is -0.306 e. The van der Waals surface area contributed by atoms with Crippen LogP contribution in [0.5, 0.6) is 0 Å². The summed E-state index contributed by atoms with van der Waals surface area (Å²) in [7, 11) is 0. The van der Waals surface area contributed by atoms with Crippen LogP contribution in [-0.2, 0) is 0 Å². The normalized spacial score (nSPS) is 12.7. The van der Waals surface area contributed by atoms with Crippen molar-refractivity contribution < 1.29 is 4.39 Å². The average molecular weight is 349 g/mol. The van der Waals surface area contributed by atoms with Crippen LogP contribution in [-0.4, -0.2) is 6.54 Å². The van der Waals surface area contributed by atoms with Crippen molar-refractivity contribution in [3.05, 3.63) is 55.4 Å². The Morgan fingerprint density at radius 1 is 1.39 bits per heavy atom. The monoisotopic (exact) mass is 347 g/mol. The molecule has 96 valence electrons. The molecule has 0 aliphatic heterocycles. The van der Waals surface area contributed by atoms with E-state index in [1.807, 2.05) is 19.1 Å². The van der Waals surface area contributed by atoms with E-state index in [9.17, 15) is 4.39 Å². The average Bonchev–Trinajstić information content (AvgIpc) is 2.76. The van der Waals surface area contributed by atoms with Gasteiger partial charge in [-0.2, -0.15) is 0 Å². The van der Waals surface area contributed by atoms with Crippen LogP contribution in [0.1, 0.15) is 23.4 Å². The van der Waals surface area contributed by atoms with E-state index < -0.39 is 0 Å². The fraction of sp³-hybridized carbons (Fsp3) is 0.231. The zero-order valence-electron chi connectivity index (χ0n) is 9.71. The van der Waals surface area contributed by atoms with E-state index in [0.29, 0.717) is 0 Å². The molecule has 0 spiro atoms. The molecule has 0 amide bonds. The summed E-state index contributed by atoms with van der Waals surface area (Å²) in [6, 6.07) is 8.50. The molecule has 0 aliphatic carbocycles. The van der Waals surface area contributed by atoms with Gasteiger partial charge in [0, 0.05) is 9.35 Å². The first-order chi connectivity index (χ1) is 8.61. The SMILES string of the molecule is CCNC(c1ccc(Cl)s1)c1cc(F)ccc1Br. The second-order valence-corrected chi connectivity index (χ2v) is 6.40. The third kappa shape index (κ3) is 3.12. The van der Waals surface area contributed by atoms with Gasteiger partial charge >= 0.3 is 0 Å². The first-order valence-electron chi connectivity index (χ1n) is 5.55. The summed E-state index contributed by atoms with van der Waals surface area (Å²) < 4.78 is 15.0. The van der Waals surface area contributed by atoms with Crippen molar-refractivity contribution in [2.24, 2.45) is 0 Å². The molecular formula is C13H12BrClFNS. The molecule has 2 aromatic rings. The molecule has 0 aliphatic rings. The molecule has 0 bridgehead atoms. The molecule has 1 aromatic heterocycles. The van der Waals surface area contributed by atoms with Crippen LogP contribution in [0, 0.1) is 5.82 Å². The molecule has 1 N–H and O–H groups in total. The molecule has 1 nitrogen and oxygen atoms in total. The van der Waals surface area contributed by atoms with Gasteiger partial charge in [-0.25, -0.2) is 4.39 Å². The second-order valence-electron chi connectivity index (χ2n) is 3.80. The number of thiophene rings is 1. The molecule has 1 atom stereocenters. The van der Waals surface area contributed by atoms with Crippen LogP contribution in [0.3, 0.4) is 0 Å². The highest BCUT2D eigenvalue weighted by atomic mass is 79.9. The lowest BCUT2D eigenvalue weighted by atomic mass is 10.1.